The zero-order chi connectivity index (χ0) is 22.2. The fraction of sp³-hybridized carbons (Fsp3) is 0.286. The summed E-state index contributed by atoms with van der Waals surface area (Å²) < 4.78 is 33.7. The first-order valence-electron chi connectivity index (χ1n) is 9.76. The van der Waals surface area contributed by atoms with Crippen LogP contribution in [0.5, 0.6) is 0 Å². The van der Waals surface area contributed by atoms with Gasteiger partial charge in [-0.15, -0.1) is 0 Å². The Bertz CT molecular complexity index is 1220. The number of carbonyl (C=O) groups excluding carboxylic acids is 1. The Hall–Kier alpha value is -2.75. The Morgan fingerprint density at radius 3 is 2.58 bits per heavy atom. The number of halogens is 1. The van der Waals surface area contributed by atoms with Crippen LogP contribution in [-0.2, 0) is 14.8 Å². The summed E-state index contributed by atoms with van der Waals surface area (Å²) in [5, 5.41) is 7.16. The van der Waals surface area contributed by atoms with Crippen molar-refractivity contribution in [3.63, 3.8) is 0 Å². The van der Waals surface area contributed by atoms with E-state index in [-0.39, 0.29) is 4.90 Å². The molecule has 3 aromatic rings. The molecule has 0 aliphatic heterocycles. The van der Waals surface area contributed by atoms with E-state index in [4.69, 9.17) is 16.1 Å². The summed E-state index contributed by atoms with van der Waals surface area (Å²) in [5.74, 6) is 0.723. The zero-order valence-corrected chi connectivity index (χ0v) is 18.5. The SMILES string of the molecule is Cc1ccc(-c2noc(C3CC3)n2)cc1S(=O)(=O)N[C@@H](C)C(=O)Nc1ccc(Cl)cc1. The highest BCUT2D eigenvalue weighted by Crippen LogP contribution is 2.39. The Balaban J connectivity index is 1.51. The van der Waals surface area contributed by atoms with Gasteiger partial charge >= 0.3 is 0 Å². The fourth-order valence-electron chi connectivity index (χ4n) is 3.01. The average Bonchev–Trinajstić information content (AvgIpc) is 3.46. The Morgan fingerprint density at radius 2 is 1.90 bits per heavy atom. The van der Waals surface area contributed by atoms with Gasteiger partial charge in [0.15, 0.2) is 0 Å². The van der Waals surface area contributed by atoms with Crippen LogP contribution in [0.25, 0.3) is 11.4 Å². The topological polar surface area (TPSA) is 114 Å². The molecule has 1 amide bonds. The van der Waals surface area contributed by atoms with Gasteiger partial charge in [0.1, 0.15) is 0 Å². The number of aromatic nitrogens is 2. The molecule has 8 nitrogen and oxygen atoms in total. The van der Waals surface area contributed by atoms with Crippen LogP contribution >= 0.6 is 11.6 Å². The standard InChI is InChI=1S/C21H21ClN4O4S/c1-12-3-4-15(19-24-21(30-25-19)14-5-6-14)11-18(12)31(28,29)26-13(2)20(27)23-17-9-7-16(22)8-10-17/h3-4,7-11,13-14,26H,5-6H2,1-2H3,(H,23,27)/t13-/m0/s1. The lowest BCUT2D eigenvalue weighted by Crippen LogP contribution is -2.41. The van der Waals surface area contributed by atoms with Crippen molar-refractivity contribution in [2.24, 2.45) is 0 Å². The van der Waals surface area contributed by atoms with Gasteiger partial charge in [-0.05, 0) is 62.6 Å². The van der Waals surface area contributed by atoms with Crippen molar-refractivity contribution in [2.75, 3.05) is 5.32 Å². The van der Waals surface area contributed by atoms with Gasteiger partial charge in [0.2, 0.25) is 27.6 Å². The largest absolute Gasteiger partial charge is 0.339 e. The number of rotatable bonds is 7. The molecule has 1 aliphatic rings. The Kier molecular flexibility index (Phi) is 5.83. The highest BCUT2D eigenvalue weighted by molar-refractivity contribution is 7.89. The average molecular weight is 461 g/mol. The third-order valence-corrected chi connectivity index (χ3v) is 6.88. The third-order valence-electron chi connectivity index (χ3n) is 4.94. The minimum Gasteiger partial charge on any atom is -0.339 e. The maximum Gasteiger partial charge on any atom is 0.242 e. The summed E-state index contributed by atoms with van der Waals surface area (Å²) in [6.07, 6.45) is 2.05. The van der Waals surface area contributed by atoms with Crippen LogP contribution in [-0.4, -0.2) is 30.5 Å². The predicted octanol–water partition coefficient (Wildman–Crippen LogP) is 3.88. The Labute approximate surface area is 185 Å². The van der Waals surface area contributed by atoms with E-state index in [0.717, 1.165) is 12.8 Å². The molecule has 0 unspecified atom stereocenters. The summed E-state index contributed by atoms with van der Waals surface area (Å²) in [4.78, 5) is 16.9. The van der Waals surface area contributed by atoms with Crippen molar-refractivity contribution in [3.05, 3.63) is 58.9 Å². The first-order valence-corrected chi connectivity index (χ1v) is 11.6. The van der Waals surface area contributed by atoms with Gasteiger partial charge in [-0.25, -0.2) is 8.42 Å². The predicted molar refractivity (Wildman–Crippen MR) is 116 cm³/mol. The molecule has 4 rings (SSSR count). The lowest BCUT2D eigenvalue weighted by molar-refractivity contribution is -0.117. The number of benzene rings is 2. The van der Waals surface area contributed by atoms with Crippen LogP contribution in [0.2, 0.25) is 5.02 Å². The number of sulfonamides is 1. The molecule has 162 valence electrons. The number of anilines is 1. The van der Waals surface area contributed by atoms with Crippen LogP contribution in [0.3, 0.4) is 0 Å². The van der Waals surface area contributed by atoms with Crippen molar-refractivity contribution in [3.8, 4) is 11.4 Å². The minimum atomic E-state index is -3.98. The third kappa shape index (κ3) is 4.95. The van der Waals surface area contributed by atoms with E-state index in [1.807, 2.05) is 0 Å². The molecular weight excluding hydrogens is 440 g/mol. The molecule has 1 aromatic heterocycles. The van der Waals surface area contributed by atoms with Crippen LogP contribution in [0, 0.1) is 6.92 Å². The number of hydrogen-bond donors (Lipinski definition) is 2. The Morgan fingerprint density at radius 1 is 1.19 bits per heavy atom. The quantitative estimate of drug-likeness (QED) is 0.553. The number of carbonyl (C=O) groups is 1. The molecule has 10 heteroatoms. The van der Waals surface area contributed by atoms with Crippen LogP contribution < -0.4 is 10.0 Å². The number of amides is 1. The van der Waals surface area contributed by atoms with E-state index in [0.29, 0.717) is 39.5 Å². The summed E-state index contributed by atoms with van der Waals surface area (Å²) in [6, 6.07) is 10.4. The first kappa shape index (κ1) is 21.5. The van der Waals surface area contributed by atoms with Gasteiger partial charge in [-0.3, -0.25) is 4.79 Å². The van der Waals surface area contributed by atoms with Crippen LogP contribution in [0.15, 0.2) is 51.9 Å². The number of nitrogens with one attached hydrogen (secondary N) is 2. The van der Waals surface area contributed by atoms with Crippen molar-refractivity contribution < 1.29 is 17.7 Å². The summed E-state index contributed by atoms with van der Waals surface area (Å²) in [5.41, 5.74) is 1.58. The second-order valence-corrected chi connectivity index (χ2v) is 9.67. The van der Waals surface area contributed by atoms with Gasteiger partial charge in [-0.1, -0.05) is 28.9 Å². The molecular formula is C21H21ClN4O4S. The van der Waals surface area contributed by atoms with Gasteiger partial charge in [0.05, 0.1) is 10.9 Å². The van der Waals surface area contributed by atoms with E-state index in [9.17, 15) is 13.2 Å². The second-order valence-electron chi connectivity index (χ2n) is 7.55. The molecule has 2 aromatic carbocycles. The summed E-state index contributed by atoms with van der Waals surface area (Å²) >= 11 is 5.84. The van der Waals surface area contributed by atoms with E-state index in [2.05, 4.69) is 20.2 Å². The van der Waals surface area contributed by atoms with E-state index in [1.165, 1.54) is 13.0 Å². The fourth-order valence-corrected chi connectivity index (χ4v) is 4.61. The van der Waals surface area contributed by atoms with Crippen molar-refractivity contribution in [1.29, 1.82) is 0 Å². The molecule has 0 bridgehead atoms. The number of aryl methyl sites for hydroxylation is 1. The molecule has 31 heavy (non-hydrogen) atoms. The zero-order valence-electron chi connectivity index (χ0n) is 16.9. The molecule has 0 spiro atoms. The van der Waals surface area contributed by atoms with Crippen LogP contribution in [0.4, 0.5) is 5.69 Å². The van der Waals surface area contributed by atoms with Crippen molar-refractivity contribution in [1.82, 2.24) is 14.9 Å². The van der Waals surface area contributed by atoms with E-state index < -0.39 is 22.0 Å². The minimum absolute atomic E-state index is 0.0499. The molecule has 2 N–H and O–H groups in total. The molecule has 1 saturated carbocycles. The van der Waals surface area contributed by atoms with Crippen molar-refractivity contribution >= 4 is 33.2 Å². The monoisotopic (exact) mass is 460 g/mol. The van der Waals surface area contributed by atoms with E-state index >= 15 is 0 Å². The molecule has 1 aliphatic carbocycles. The van der Waals surface area contributed by atoms with Gasteiger partial charge in [-0.2, -0.15) is 9.71 Å². The first-order chi connectivity index (χ1) is 14.7. The normalized spacial score (nSPS) is 14.9. The summed E-state index contributed by atoms with van der Waals surface area (Å²) in [7, 11) is -3.98. The molecule has 0 radical (unpaired) electrons. The molecule has 0 saturated heterocycles. The van der Waals surface area contributed by atoms with Gasteiger partial charge < -0.3 is 9.84 Å². The van der Waals surface area contributed by atoms with Crippen LogP contribution in [0.1, 0.15) is 37.1 Å². The lowest BCUT2D eigenvalue weighted by Gasteiger charge is -2.16. The molecule has 1 fully saturated rings. The molecule has 1 atom stereocenters. The lowest BCUT2D eigenvalue weighted by atomic mass is 10.1. The maximum atomic E-state index is 13.0. The number of hydrogen-bond acceptors (Lipinski definition) is 6. The second kappa shape index (κ2) is 8.41. The smallest absolute Gasteiger partial charge is 0.242 e. The van der Waals surface area contributed by atoms with Gasteiger partial charge in [0.25, 0.3) is 0 Å². The number of nitrogens with zero attached hydrogens (tertiary/aromatic N) is 2. The summed E-state index contributed by atoms with van der Waals surface area (Å²) in [6.45, 7) is 3.16. The highest BCUT2D eigenvalue weighted by atomic mass is 35.5. The molecule has 1 heterocycles. The maximum absolute atomic E-state index is 13.0. The van der Waals surface area contributed by atoms with E-state index in [1.54, 1.807) is 43.3 Å². The highest BCUT2D eigenvalue weighted by Gasteiger charge is 2.30. The van der Waals surface area contributed by atoms with Crippen molar-refractivity contribution in [2.45, 2.75) is 43.5 Å². The van der Waals surface area contributed by atoms with Gasteiger partial charge in [0, 0.05) is 22.2 Å².